The van der Waals surface area contributed by atoms with Crippen molar-refractivity contribution in [3.8, 4) is 11.4 Å². The molecule has 4 rings (SSSR count). The zero-order valence-corrected chi connectivity index (χ0v) is 16.9. The van der Waals surface area contributed by atoms with Crippen molar-refractivity contribution in [2.75, 3.05) is 32.1 Å². The molecule has 2 heterocycles. The van der Waals surface area contributed by atoms with Gasteiger partial charge in [-0.15, -0.1) is 0 Å². The Morgan fingerprint density at radius 2 is 1.82 bits per heavy atom. The molecule has 1 aliphatic carbocycles. The number of carbonyl (C=O) groups is 1. The minimum atomic E-state index is 0.142. The minimum Gasteiger partial charge on any atom is -0.378 e. The molecular weight excluding hydrogens is 352 g/mol. The second-order valence-corrected chi connectivity index (χ2v) is 8.36. The zero-order valence-electron chi connectivity index (χ0n) is 16.9. The van der Waals surface area contributed by atoms with E-state index in [0.29, 0.717) is 24.2 Å². The van der Waals surface area contributed by atoms with Crippen molar-refractivity contribution in [3.63, 3.8) is 0 Å². The van der Waals surface area contributed by atoms with Gasteiger partial charge >= 0.3 is 0 Å². The number of anilines is 1. The van der Waals surface area contributed by atoms with E-state index in [-0.39, 0.29) is 11.8 Å². The van der Waals surface area contributed by atoms with E-state index in [1.807, 2.05) is 31.1 Å². The summed E-state index contributed by atoms with van der Waals surface area (Å²) in [7, 11) is 4.04. The first kappa shape index (κ1) is 19.0. The highest BCUT2D eigenvalue weighted by Crippen LogP contribution is 2.31. The Balaban J connectivity index is 1.43. The normalized spacial score (nSPS) is 20.9. The molecule has 1 atom stereocenters. The van der Waals surface area contributed by atoms with Crippen molar-refractivity contribution < 1.29 is 9.32 Å². The number of nitrogens with zero attached hydrogens (tertiary/aromatic N) is 4. The molecule has 6 nitrogen and oxygen atoms in total. The average Bonchev–Trinajstić information content (AvgIpc) is 3.24. The zero-order chi connectivity index (χ0) is 19.5. The van der Waals surface area contributed by atoms with Gasteiger partial charge in [0.25, 0.3) is 0 Å². The predicted octanol–water partition coefficient (Wildman–Crippen LogP) is 4.09. The first-order valence-electron chi connectivity index (χ1n) is 10.5. The van der Waals surface area contributed by atoms with Crippen molar-refractivity contribution in [1.82, 2.24) is 15.0 Å². The lowest BCUT2D eigenvalue weighted by Gasteiger charge is -2.34. The van der Waals surface area contributed by atoms with E-state index in [4.69, 9.17) is 4.52 Å². The fourth-order valence-corrected chi connectivity index (χ4v) is 4.41. The molecule has 1 unspecified atom stereocenters. The van der Waals surface area contributed by atoms with E-state index in [2.05, 4.69) is 27.2 Å². The quantitative estimate of drug-likeness (QED) is 0.797. The van der Waals surface area contributed by atoms with Gasteiger partial charge in [-0.25, -0.2) is 0 Å². The summed E-state index contributed by atoms with van der Waals surface area (Å²) in [5.41, 5.74) is 2.09. The fourth-order valence-electron chi connectivity index (χ4n) is 4.41. The lowest BCUT2D eigenvalue weighted by atomic mass is 9.87. The molecule has 2 aliphatic rings. The van der Waals surface area contributed by atoms with Gasteiger partial charge < -0.3 is 14.3 Å². The molecule has 150 valence electrons. The molecule has 0 N–H and O–H groups in total. The van der Waals surface area contributed by atoms with Crippen molar-refractivity contribution in [3.05, 3.63) is 30.2 Å². The van der Waals surface area contributed by atoms with Gasteiger partial charge in [-0.3, -0.25) is 4.79 Å². The van der Waals surface area contributed by atoms with Crippen LogP contribution in [0.2, 0.25) is 0 Å². The molecule has 0 bridgehead atoms. The highest BCUT2D eigenvalue weighted by molar-refractivity contribution is 5.79. The Morgan fingerprint density at radius 3 is 2.54 bits per heavy atom. The largest absolute Gasteiger partial charge is 0.378 e. The van der Waals surface area contributed by atoms with Crippen molar-refractivity contribution in [2.45, 2.75) is 50.9 Å². The van der Waals surface area contributed by atoms with Crippen LogP contribution in [0.1, 0.15) is 56.8 Å². The molecule has 0 spiro atoms. The summed E-state index contributed by atoms with van der Waals surface area (Å²) in [6, 6.07) is 8.14. The molecule has 0 radical (unpaired) electrons. The molecule has 2 fully saturated rings. The number of aromatic nitrogens is 2. The molecule has 1 amide bonds. The highest BCUT2D eigenvalue weighted by atomic mass is 16.5. The Morgan fingerprint density at radius 1 is 1.07 bits per heavy atom. The van der Waals surface area contributed by atoms with Gasteiger partial charge in [-0.2, -0.15) is 4.98 Å². The standard InChI is InChI=1S/C22H30N4O2/c1-25(2)19-12-10-16(11-13-19)20-23-21(28-24-20)18-9-6-14-26(15-18)22(27)17-7-4-3-5-8-17/h10-13,17-18H,3-9,14-15H2,1-2H3. The van der Waals surface area contributed by atoms with Crippen molar-refractivity contribution in [2.24, 2.45) is 5.92 Å². The van der Waals surface area contributed by atoms with Gasteiger partial charge in [0.15, 0.2) is 0 Å². The third-order valence-electron chi connectivity index (χ3n) is 6.12. The Hall–Kier alpha value is -2.37. The van der Waals surface area contributed by atoms with Crippen LogP contribution >= 0.6 is 0 Å². The monoisotopic (exact) mass is 382 g/mol. The number of piperidine rings is 1. The van der Waals surface area contributed by atoms with Crippen LogP contribution < -0.4 is 4.90 Å². The molecule has 1 aromatic carbocycles. The lowest BCUT2D eigenvalue weighted by molar-refractivity contribution is -0.137. The van der Waals surface area contributed by atoms with E-state index >= 15 is 0 Å². The smallest absolute Gasteiger partial charge is 0.231 e. The van der Waals surface area contributed by atoms with Gasteiger partial charge in [-0.05, 0) is 49.9 Å². The molecule has 1 saturated heterocycles. The first-order valence-corrected chi connectivity index (χ1v) is 10.5. The summed E-state index contributed by atoms with van der Waals surface area (Å²) in [5, 5.41) is 4.19. The summed E-state index contributed by atoms with van der Waals surface area (Å²) in [6.45, 7) is 1.56. The van der Waals surface area contributed by atoms with Crippen molar-refractivity contribution in [1.29, 1.82) is 0 Å². The predicted molar refractivity (Wildman–Crippen MR) is 109 cm³/mol. The van der Waals surface area contributed by atoms with Gasteiger partial charge in [-0.1, -0.05) is 24.4 Å². The topological polar surface area (TPSA) is 62.5 Å². The van der Waals surface area contributed by atoms with Gasteiger partial charge in [0.1, 0.15) is 0 Å². The van der Waals surface area contributed by atoms with Crippen LogP contribution in [0.25, 0.3) is 11.4 Å². The molecule has 6 heteroatoms. The van der Waals surface area contributed by atoms with Crippen LogP contribution in [0.4, 0.5) is 5.69 Å². The minimum absolute atomic E-state index is 0.142. The van der Waals surface area contributed by atoms with Gasteiger partial charge in [0.2, 0.25) is 17.6 Å². The van der Waals surface area contributed by atoms with Gasteiger partial charge in [0.05, 0.1) is 5.92 Å². The maximum absolute atomic E-state index is 12.9. The third-order valence-corrected chi connectivity index (χ3v) is 6.12. The summed E-state index contributed by atoms with van der Waals surface area (Å²) in [4.78, 5) is 21.7. The SMILES string of the molecule is CN(C)c1ccc(-c2noc(C3CCCN(C(=O)C4CCCCC4)C3)n2)cc1. The molecule has 28 heavy (non-hydrogen) atoms. The number of carbonyl (C=O) groups excluding carboxylic acids is 1. The number of amides is 1. The molecule has 1 aliphatic heterocycles. The number of hydrogen-bond donors (Lipinski definition) is 0. The number of likely N-dealkylation sites (tertiary alicyclic amines) is 1. The fraction of sp³-hybridized carbons (Fsp3) is 0.591. The number of rotatable bonds is 4. The van der Waals surface area contributed by atoms with Crippen LogP contribution in [-0.2, 0) is 4.79 Å². The van der Waals surface area contributed by atoms with Crippen LogP contribution in [0.5, 0.6) is 0 Å². The Bertz CT molecular complexity index is 793. The highest BCUT2D eigenvalue weighted by Gasteiger charge is 2.32. The van der Waals surface area contributed by atoms with Crippen molar-refractivity contribution >= 4 is 11.6 Å². The number of hydrogen-bond acceptors (Lipinski definition) is 5. The molecule has 1 aromatic heterocycles. The summed E-state index contributed by atoms with van der Waals surface area (Å²) >= 11 is 0. The van der Waals surface area contributed by atoms with Crippen LogP contribution in [0.3, 0.4) is 0 Å². The lowest BCUT2D eigenvalue weighted by Crippen LogP contribution is -2.42. The Kier molecular flexibility index (Phi) is 5.64. The molecule has 1 saturated carbocycles. The second-order valence-electron chi connectivity index (χ2n) is 8.36. The Labute approximate surface area is 166 Å². The van der Waals surface area contributed by atoms with E-state index in [9.17, 15) is 4.79 Å². The van der Waals surface area contributed by atoms with Crippen LogP contribution in [0.15, 0.2) is 28.8 Å². The maximum atomic E-state index is 12.9. The van der Waals surface area contributed by atoms with Gasteiger partial charge in [0, 0.05) is 44.4 Å². The third kappa shape index (κ3) is 4.05. The maximum Gasteiger partial charge on any atom is 0.231 e. The summed E-state index contributed by atoms with van der Waals surface area (Å²) < 4.78 is 5.60. The van der Waals surface area contributed by atoms with E-state index in [0.717, 1.165) is 43.5 Å². The van der Waals surface area contributed by atoms with E-state index in [1.165, 1.54) is 19.3 Å². The van der Waals surface area contributed by atoms with E-state index in [1.54, 1.807) is 0 Å². The summed E-state index contributed by atoms with van der Waals surface area (Å²) in [6.07, 6.45) is 7.74. The number of benzene rings is 1. The summed E-state index contributed by atoms with van der Waals surface area (Å²) in [5.74, 6) is 1.98. The average molecular weight is 383 g/mol. The van der Waals surface area contributed by atoms with E-state index < -0.39 is 0 Å². The second kappa shape index (κ2) is 8.33. The molecular formula is C22H30N4O2. The molecule has 2 aromatic rings. The van der Waals surface area contributed by atoms with Crippen LogP contribution in [-0.4, -0.2) is 48.1 Å². The first-order chi connectivity index (χ1) is 13.6. The van der Waals surface area contributed by atoms with Crippen LogP contribution in [0, 0.1) is 5.92 Å².